The molecule has 1 atom stereocenters. The first kappa shape index (κ1) is 12.1. The lowest BCUT2D eigenvalue weighted by atomic mass is 10.3. The second-order valence-electron chi connectivity index (χ2n) is 3.63. The van der Waals surface area contributed by atoms with Crippen molar-refractivity contribution in [2.45, 2.75) is 18.7 Å². The van der Waals surface area contributed by atoms with Gasteiger partial charge in [0.1, 0.15) is 5.75 Å². The summed E-state index contributed by atoms with van der Waals surface area (Å²) in [6.07, 6.45) is 1.91. The van der Waals surface area contributed by atoms with Gasteiger partial charge in [-0.25, -0.2) is 4.68 Å². The van der Waals surface area contributed by atoms with Crippen LogP contribution in [0.1, 0.15) is 24.4 Å². The third kappa shape index (κ3) is 2.85. The van der Waals surface area contributed by atoms with E-state index in [1.807, 2.05) is 44.3 Å². The van der Waals surface area contributed by atoms with Crippen molar-refractivity contribution < 1.29 is 4.74 Å². The number of halogens is 1. The molecule has 1 unspecified atom stereocenters. The molecule has 4 nitrogen and oxygen atoms in total. The van der Waals surface area contributed by atoms with Gasteiger partial charge in [-0.05, 0) is 38.1 Å². The van der Waals surface area contributed by atoms with Crippen molar-refractivity contribution in [2.24, 2.45) is 0 Å². The Morgan fingerprint density at radius 2 is 2.06 bits per heavy atom. The van der Waals surface area contributed by atoms with Crippen LogP contribution in [0, 0.1) is 0 Å². The van der Waals surface area contributed by atoms with Crippen LogP contribution in [-0.4, -0.2) is 21.6 Å². The van der Waals surface area contributed by atoms with Crippen molar-refractivity contribution in [3.05, 3.63) is 36.2 Å². The van der Waals surface area contributed by atoms with Crippen LogP contribution in [-0.2, 0) is 0 Å². The van der Waals surface area contributed by atoms with E-state index in [9.17, 15) is 0 Å². The zero-order chi connectivity index (χ0) is 12.3. The quantitative estimate of drug-likeness (QED) is 0.814. The molecule has 2 rings (SSSR count). The number of nitrogens with zero attached hydrogens (tertiary/aromatic N) is 3. The van der Waals surface area contributed by atoms with Crippen molar-refractivity contribution >= 4 is 15.9 Å². The summed E-state index contributed by atoms with van der Waals surface area (Å²) in [6.45, 7) is 4.66. The SMILES string of the molecule is CCOc1ccc(-n2cc(C(C)Br)nn2)cc1. The zero-order valence-corrected chi connectivity index (χ0v) is 11.4. The lowest BCUT2D eigenvalue weighted by molar-refractivity contribution is 0.340. The monoisotopic (exact) mass is 295 g/mol. The fraction of sp³-hybridized carbons (Fsp3) is 0.333. The predicted molar refractivity (Wildman–Crippen MR) is 69.9 cm³/mol. The highest BCUT2D eigenvalue weighted by atomic mass is 79.9. The van der Waals surface area contributed by atoms with Crippen LogP contribution in [0.15, 0.2) is 30.5 Å². The summed E-state index contributed by atoms with van der Waals surface area (Å²) < 4.78 is 7.14. The molecule has 1 heterocycles. The minimum absolute atomic E-state index is 0.207. The Hall–Kier alpha value is -1.36. The Balaban J connectivity index is 2.21. The molecule has 0 spiro atoms. The number of hydrogen-bond donors (Lipinski definition) is 0. The third-order valence-corrected chi connectivity index (χ3v) is 2.80. The lowest BCUT2D eigenvalue weighted by Gasteiger charge is -2.04. The van der Waals surface area contributed by atoms with Crippen LogP contribution in [0.25, 0.3) is 5.69 Å². The van der Waals surface area contributed by atoms with E-state index in [0.717, 1.165) is 17.1 Å². The van der Waals surface area contributed by atoms with Crippen LogP contribution in [0.3, 0.4) is 0 Å². The van der Waals surface area contributed by atoms with Gasteiger partial charge < -0.3 is 4.74 Å². The van der Waals surface area contributed by atoms with E-state index in [-0.39, 0.29) is 4.83 Å². The van der Waals surface area contributed by atoms with Gasteiger partial charge in [0, 0.05) is 0 Å². The number of rotatable bonds is 4. The number of hydrogen-bond acceptors (Lipinski definition) is 3. The highest BCUT2D eigenvalue weighted by Gasteiger charge is 2.07. The highest BCUT2D eigenvalue weighted by Crippen LogP contribution is 2.20. The van der Waals surface area contributed by atoms with E-state index in [1.54, 1.807) is 4.68 Å². The number of alkyl halides is 1. The zero-order valence-electron chi connectivity index (χ0n) is 9.80. The first-order chi connectivity index (χ1) is 8.20. The Labute approximate surface area is 109 Å². The summed E-state index contributed by atoms with van der Waals surface area (Å²) in [7, 11) is 0. The van der Waals surface area contributed by atoms with Gasteiger partial charge in [0.2, 0.25) is 0 Å². The number of benzene rings is 1. The van der Waals surface area contributed by atoms with Gasteiger partial charge in [-0.1, -0.05) is 21.1 Å². The number of aromatic nitrogens is 3. The molecule has 0 N–H and O–H groups in total. The Morgan fingerprint density at radius 1 is 1.35 bits per heavy atom. The normalized spacial score (nSPS) is 12.4. The summed E-state index contributed by atoms with van der Waals surface area (Å²) in [5.41, 5.74) is 1.89. The maximum atomic E-state index is 5.39. The van der Waals surface area contributed by atoms with Crippen molar-refractivity contribution in [1.29, 1.82) is 0 Å². The first-order valence-corrected chi connectivity index (χ1v) is 6.42. The Morgan fingerprint density at radius 3 is 2.59 bits per heavy atom. The van der Waals surface area contributed by atoms with Crippen LogP contribution < -0.4 is 4.74 Å². The lowest BCUT2D eigenvalue weighted by Crippen LogP contribution is -1.96. The van der Waals surface area contributed by atoms with Crippen LogP contribution >= 0.6 is 15.9 Å². The fourth-order valence-electron chi connectivity index (χ4n) is 1.45. The fourth-order valence-corrected chi connectivity index (χ4v) is 1.66. The average Bonchev–Trinajstić information content (AvgIpc) is 2.80. The van der Waals surface area contributed by atoms with Crippen molar-refractivity contribution in [1.82, 2.24) is 15.0 Å². The van der Waals surface area contributed by atoms with E-state index in [2.05, 4.69) is 26.2 Å². The van der Waals surface area contributed by atoms with Crippen LogP contribution in [0.5, 0.6) is 5.75 Å². The molecule has 0 aliphatic carbocycles. The topological polar surface area (TPSA) is 39.9 Å². The number of ether oxygens (including phenoxy) is 1. The maximum Gasteiger partial charge on any atom is 0.119 e. The molecule has 1 aromatic carbocycles. The molecule has 0 bridgehead atoms. The van der Waals surface area contributed by atoms with Crippen molar-refractivity contribution in [2.75, 3.05) is 6.61 Å². The van der Waals surface area contributed by atoms with Crippen molar-refractivity contribution in [3.63, 3.8) is 0 Å². The van der Waals surface area contributed by atoms with Gasteiger partial charge in [-0.2, -0.15) is 0 Å². The van der Waals surface area contributed by atoms with Crippen molar-refractivity contribution in [3.8, 4) is 11.4 Å². The molecule has 0 amide bonds. The van der Waals surface area contributed by atoms with Crippen LogP contribution in [0.2, 0.25) is 0 Å². The Bertz CT molecular complexity index is 479. The summed E-state index contributed by atoms with van der Waals surface area (Å²) in [4.78, 5) is 0.207. The van der Waals surface area contributed by atoms with Gasteiger partial charge in [-0.15, -0.1) is 5.10 Å². The summed E-state index contributed by atoms with van der Waals surface area (Å²) in [5.74, 6) is 0.866. The van der Waals surface area contributed by atoms with E-state index < -0.39 is 0 Å². The molecular formula is C12H14BrN3O. The molecule has 0 aliphatic rings. The molecule has 1 aromatic heterocycles. The molecule has 17 heavy (non-hydrogen) atoms. The smallest absolute Gasteiger partial charge is 0.119 e. The molecule has 0 saturated carbocycles. The molecule has 0 fully saturated rings. The molecule has 0 aliphatic heterocycles. The molecule has 5 heteroatoms. The summed E-state index contributed by atoms with van der Waals surface area (Å²) >= 11 is 3.46. The molecule has 90 valence electrons. The molecular weight excluding hydrogens is 282 g/mol. The molecule has 0 saturated heterocycles. The Kier molecular flexibility index (Phi) is 3.78. The molecule has 2 aromatic rings. The van der Waals surface area contributed by atoms with E-state index in [4.69, 9.17) is 4.74 Å². The second-order valence-corrected chi connectivity index (χ2v) is 5.00. The largest absolute Gasteiger partial charge is 0.494 e. The molecule has 0 radical (unpaired) electrons. The summed E-state index contributed by atoms with van der Waals surface area (Å²) in [5, 5.41) is 8.16. The predicted octanol–water partition coefficient (Wildman–Crippen LogP) is 3.12. The first-order valence-electron chi connectivity index (χ1n) is 5.50. The standard InChI is InChI=1S/C12H14BrN3O/c1-3-17-11-6-4-10(5-7-11)16-8-12(9(2)13)14-15-16/h4-9H,3H2,1-2H3. The highest BCUT2D eigenvalue weighted by molar-refractivity contribution is 9.09. The van der Waals surface area contributed by atoms with Gasteiger partial charge in [0.05, 0.1) is 29.0 Å². The third-order valence-electron chi connectivity index (χ3n) is 2.33. The average molecular weight is 296 g/mol. The maximum absolute atomic E-state index is 5.39. The van der Waals surface area contributed by atoms with Gasteiger partial charge in [0.25, 0.3) is 0 Å². The van der Waals surface area contributed by atoms with Crippen LogP contribution in [0.4, 0.5) is 0 Å². The van der Waals surface area contributed by atoms with E-state index >= 15 is 0 Å². The van der Waals surface area contributed by atoms with E-state index in [1.165, 1.54) is 0 Å². The van der Waals surface area contributed by atoms with E-state index in [0.29, 0.717) is 6.61 Å². The minimum Gasteiger partial charge on any atom is -0.494 e. The minimum atomic E-state index is 0.207. The van der Waals surface area contributed by atoms with Gasteiger partial charge in [-0.3, -0.25) is 0 Å². The summed E-state index contributed by atoms with van der Waals surface area (Å²) in [6, 6.07) is 7.78. The van der Waals surface area contributed by atoms with Gasteiger partial charge in [0.15, 0.2) is 0 Å². The van der Waals surface area contributed by atoms with Gasteiger partial charge >= 0.3 is 0 Å². The second kappa shape index (κ2) is 5.31.